The third-order valence-corrected chi connectivity index (χ3v) is 7.43. The number of allylic oxidation sites excluding steroid dienone is 2. The number of fused-ring (bicyclic) bond motifs is 5. The summed E-state index contributed by atoms with van der Waals surface area (Å²) in [5.41, 5.74) is 0.604. The molecule has 3 aliphatic carbocycles. The van der Waals surface area contributed by atoms with Gasteiger partial charge in [-0.15, -0.1) is 0 Å². The Kier molecular flexibility index (Phi) is 4.76. The molecule has 136 valence electrons. The molecule has 2 bridgehead atoms. The molecule has 7 unspecified atom stereocenters. The Balaban J connectivity index is 1.98. The molecule has 7 atom stereocenters. The van der Waals surface area contributed by atoms with Gasteiger partial charge in [0.05, 0.1) is 11.9 Å². The second-order valence-corrected chi connectivity index (χ2v) is 8.12. The molecule has 3 fully saturated rings. The molecule has 0 spiro atoms. The normalized spacial score (nSPS) is 43.1. The summed E-state index contributed by atoms with van der Waals surface area (Å²) >= 11 is 0. The van der Waals surface area contributed by atoms with E-state index in [1.165, 1.54) is 32.8 Å². The Bertz CT molecular complexity index is 544. The Morgan fingerprint density at radius 1 is 1.17 bits per heavy atom. The van der Waals surface area contributed by atoms with Gasteiger partial charge in [0.25, 0.3) is 0 Å². The van der Waals surface area contributed by atoms with E-state index in [1.807, 2.05) is 0 Å². The van der Waals surface area contributed by atoms with E-state index >= 15 is 0 Å². The lowest BCUT2D eigenvalue weighted by molar-refractivity contribution is -0.359. The fourth-order valence-corrected chi connectivity index (χ4v) is 6.51. The van der Waals surface area contributed by atoms with Gasteiger partial charge in [0.2, 0.25) is 0 Å². The van der Waals surface area contributed by atoms with Crippen LogP contribution in [0.1, 0.15) is 52.9 Å². The molecule has 0 aromatic carbocycles. The quantitative estimate of drug-likeness (QED) is 0.633. The Morgan fingerprint density at radius 3 is 2.46 bits per heavy atom. The Labute approximate surface area is 145 Å². The van der Waals surface area contributed by atoms with Crippen LogP contribution in [-0.2, 0) is 4.74 Å². The van der Waals surface area contributed by atoms with Crippen molar-refractivity contribution in [3.8, 4) is 0 Å². The third-order valence-electron chi connectivity index (χ3n) is 7.43. The molecule has 0 radical (unpaired) electrons. The maximum Gasteiger partial charge on any atom is 0.0549 e. The second kappa shape index (κ2) is 6.53. The van der Waals surface area contributed by atoms with Crippen molar-refractivity contribution in [3.63, 3.8) is 0 Å². The topological polar surface area (TPSA) is 75.6 Å². The van der Waals surface area contributed by atoms with Gasteiger partial charge in [-0.1, -0.05) is 33.1 Å². The van der Waals surface area contributed by atoms with Crippen molar-refractivity contribution < 1.29 is 20.1 Å². The molecule has 0 aromatic rings. The number of aliphatic hydroxyl groups excluding tert-OH is 1. The van der Waals surface area contributed by atoms with Crippen molar-refractivity contribution in [2.24, 2.45) is 41.4 Å². The number of aliphatic hydroxyl groups is 1. The van der Waals surface area contributed by atoms with E-state index in [2.05, 4.69) is 13.8 Å². The highest BCUT2D eigenvalue weighted by atomic mass is 16.6. The van der Waals surface area contributed by atoms with Gasteiger partial charge < -0.3 is 20.1 Å². The highest BCUT2D eigenvalue weighted by Crippen LogP contribution is 2.65. The zero-order chi connectivity index (χ0) is 17.6. The molecule has 24 heavy (non-hydrogen) atoms. The number of hydrogen-bond acceptors (Lipinski definition) is 4. The van der Waals surface area contributed by atoms with E-state index in [-0.39, 0.29) is 11.5 Å². The molecular weight excluding hydrogens is 304 g/mol. The van der Waals surface area contributed by atoms with Crippen molar-refractivity contribution >= 4 is 0 Å². The first-order valence-electron chi connectivity index (χ1n) is 9.44. The molecule has 0 aliphatic heterocycles. The summed E-state index contributed by atoms with van der Waals surface area (Å²) in [6.07, 6.45) is 6.26. The summed E-state index contributed by atoms with van der Waals surface area (Å²) in [6.45, 7) is 6.08. The summed E-state index contributed by atoms with van der Waals surface area (Å²) in [4.78, 5) is 0. The van der Waals surface area contributed by atoms with E-state index in [4.69, 9.17) is 4.74 Å². The van der Waals surface area contributed by atoms with Crippen LogP contribution in [0.2, 0.25) is 0 Å². The maximum absolute atomic E-state index is 12.4. The molecule has 3 aliphatic rings. The first kappa shape index (κ1) is 17.5. The number of ether oxygens (including phenoxy) is 1. The molecule has 4 nitrogen and oxygen atoms in total. The monoisotopic (exact) mass is 334 g/mol. The maximum atomic E-state index is 12.4. The molecule has 1 N–H and O–H groups in total. The second-order valence-electron chi connectivity index (χ2n) is 8.12. The predicted octanol–water partition coefficient (Wildman–Crippen LogP) is 2.70. The zero-order valence-electron chi connectivity index (χ0n) is 15.2. The molecule has 0 heterocycles. The molecule has 0 saturated heterocycles. The number of rotatable bonds is 4. The lowest BCUT2D eigenvalue weighted by Gasteiger charge is -2.47. The summed E-state index contributed by atoms with van der Waals surface area (Å²) in [7, 11) is 1.35. The zero-order valence-corrected chi connectivity index (χ0v) is 15.2. The minimum Gasteiger partial charge on any atom is -0.629 e. The van der Waals surface area contributed by atoms with Gasteiger partial charge in [-0.2, -0.15) is 0 Å². The van der Waals surface area contributed by atoms with E-state index in [0.29, 0.717) is 29.2 Å². The lowest BCUT2D eigenvalue weighted by atomic mass is 9.58. The highest BCUT2D eigenvalue weighted by molar-refractivity contribution is 5.35. The lowest BCUT2D eigenvalue weighted by Crippen LogP contribution is -2.41. The summed E-state index contributed by atoms with van der Waals surface area (Å²) in [5.74, 6) is 2.32. The van der Waals surface area contributed by atoms with Gasteiger partial charge in [-0.05, 0) is 79.4 Å². The van der Waals surface area contributed by atoms with E-state index < -0.39 is 11.9 Å². The van der Waals surface area contributed by atoms with Crippen molar-refractivity contribution in [1.29, 1.82) is 0 Å². The first-order chi connectivity index (χ1) is 11.4. The van der Waals surface area contributed by atoms with E-state index in [1.54, 1.807) is 6.92 Å². The van der Waals surface area contributed by atoms with Crippen LogP contribution >= 0.6 is 0 Å². The summed E-state index contributed by atoms with van der Waals surface area (Å²) in [6, 6.07) is 0. The van der Waals surface area contributed by atoms with Crippen LogP contribution in [0.25, 0.3) is 0 Å². The first-order valence-corrected chi connectivity index (χ1v) is 9.44. The van der Waals surface area contributed by atoms with Crippen LogP contribution in [0.5, 0.6) is 0 Å². The molecule has 4 heteroatoms. The van der Waals surface area contributed by atoms with Gasteiger partial charge in [0.15, 0.2) is 0 Å². The van der Waals surface area contributed by atoms with Crippen LogP contribution in [-0.4, -0.2) is 12.2 Å². The van der Waals surface area contributed by atoms with Crippen molar-refractivity contribution in [2.45, 2.75) is 52.9 Å². The Hall–Kier alpha value is -1.32. The van der Waals surface area contributed by atoms with Gasteiger partial charge in [-0.3, -0.25) is 0 Å². The largest absolute Gasteiger partial charge is 0.629 e. The Morgan fingerprint density at radius 2 is 1.88 bits per heavy atom. The minimum atomic E-state index is -1.00. The van der Waals surface area contributed by atoms with Gasteiger partial charge in [0, 0.05) is 0 Å². The number of hydrogen-bond donors (Lipinski definition) is 1. The van der Waals surface area contributed by atoms with Crippen LogP contribution in [0.4, 0.5) is 0 Å². The van der Waals surface area contributed by atoms with Crippen LogP contribution < -0.4 is 10.2 Å². The van der Waals surface area contributed by atoms with Crippen molar-refractivity contribution in [1.82, 2.24) is 0 Å². The molecule has 3 rings (SSSR count). The SMILES string of the molecule is CCC1CCCC2C3CC(C(C)C3C(=C([O-])OC)C(C)=C([O-])O)C12. The smallest absolute Gasteiger partial charge is 0.0549 e. The van der Waals surface area contributed by atoms with Gasteiger partial charge >= 0.3 is 0 Å². The number of methoxy groups -OCH3 is 1. The van der Waals surface area contributed by atoms with Crippen LogP contribution in [0.3, 0.4) is 0 Å². The predicted molar refractivity (Wildman–Crippen MR) is 88.2 cm³/mol. The average Bonchev–Trinajstić information content (AvgIpc) is 3.11. The summed E-state index contributed by atoms with van der Waals surface area (Å²) < 4.78 is 4.97. The molecular formula is C20H30O4-2. The standard InChI is InChI=1S/C20H32O4/c1-5-12-7-6-8-13-15-9-14(18(12)13)10(2)16(15)17(20(23)24-4)11(3)19(21)22/h10,12-16,18,21-23H,5-9H2,1-4H3/p-2. The van der Waals surface area contributed by atoms with Crippen molar-refractivity contribution in [3.05, 3.63) is 23.0 Å². The fraction of sp³-hybridized carbons (Fsp3) is 0.800. The van der Waals surface area contributed by atoms with E-state index in [0.717, 1.165) is 18.3 Å². The van der Waals surface area contributed by atoms with E-state index in [9.17, 15) is 15.3 Å². The minimum absolute atomic E-state index is 0.0513. The average molecular weight is 334 g/mol. The molecule has 0 amide bonds. The fourth-order valence-electron chi connectivity index (χ4n) is 6.51. The van der Waals surface area contributed by atoms with Crippen LogP contribution in [0, 0.1) is 41.4 Å². The highest BCUT2D eigenvalue weighted by Gasteiger charge is 2.59. The third kappa shape index (κ3) is 2.49. The van der Waals surface area contributed by atoms with Gasteiger partial charge in [-0.25, -0.2) is 0 Å². The molecule has 3 saturated carbocycles. The van der Waals surface area contributed by atoms with Gasteiger partial charge in [0.1, 0.15) is 0 Å². The van der Waals surface area contributed by atoms with Crippen LogP contribution in [0.15, 0.2) is 23.0 Å². The molecule has 0 aromatic heterocycles. The summed E-state index contributed by atoms with van der Waals surface area (Å²) in [5, 5.41) is 33.4. The van der Waals surface area contributed by atoms with Crippen molar-refractivity contribution in [2.75, 3.05) is 7.11 Å².